The molecule has 0 bridgehead atoms. The average Bonchev–Trinajstić information content (AvgIpc) is 2.56. The van der Waals surface area contributed by atoms with Gasteiger partial charge in [-0.3, -0.25) is 4.99 Å². The van der Waals surface area contributed by atoms with E-state index in [2.05, 4.69) is 34.2 Å². The molecule has 0 atom stereocenters. The third-order valence-electron chi connectivity index (χ3n) is 4.36. The molecular formula is C17H30IN5O. The van der Waals surface area contributed by atoms with Gasteiger partial charge in [-0.2, -0.15) is 0 Å². The maximum atomic E-state index is 5.96. The second kappa shape index (κ2) is 10.7. The minimum absolute atomic E-state index is 0. The van der Waals surface area contributed by atoms with Crippen molar-refractivity contribution >= 4 is 35.6 Å². The number of ether oxygens (including phenoxy) is 1. The Morgan fingerprint density at radius 1 is 1.33 bits per heavy atom. The summed E-state index contributed by atoms with van der Waals surface area (Å²) in [7, 11) is 5.97. The van der Waals surface area contributed by atoms with Crippen molar-refractivity contribution in [2.75, 3.05) is 52.7 Å². The predicted octanol–water partition coefficient (Wildman–Crippen LogP) is 2.07. The largest absolute Gasteiger partial charge is 0.495 e. The molecule has 0 spiro atoms. The number of halogens is 1. The van der Waals surface area contributed by atoms with E-state index in [-0.39, 0.29) is 24.0 Å². The molecule has 24 heavy (non-hydrogen) atoms. The summed E-state index contributed by atoms with van der Waals surface area (Å²) < 4.78 is 5.29. The van der Waals surface area contributed by atoms with Crippen molar-refractivity contribution < 1.29 is 4.74 Å². The van der Waals surface area contributed by atoms with Crippen molar-refractivity contribution in [3.63, 3.8) is 0 Å². The summed E-state index contributed by atoms with van der Waals surface area (Å²) in [5.74, 6) is 1.19. The minimum Gasteiger partial charge on any atom is -0.495 e. The van der Waals surface area contributed by atoms with Crippen LogP contribution in [0.1, 0.15) is 12.8 Å². The number of hydrogen-bond donors (Lipinski definition) is 2. The molecule has 0 amide bonds. The zero-order chi connectivity index (χ0) is 16.7. The van der Waals surface area contributed by atoms with Crippen LogP contribution in [-0.2, 0) is 0 Å². The number of nitrogens with two attached hydrogens (primary N) is 1. The molecule has 1 aliphatic rings. The number of para-hydroxylation sites is 2. The second-order valence-electron chi connectivity index (χ2n) is 6.13. The first-order chi connectivity index (χ1) is 11.1. The SMILES string of the molecule is COc1ccccc1NC(N)=NCCN1CCC(N(C)C)CC1.I. The van der Waals surface area contributed by atoms with Crippen molar-refractivity contribution in [3.05, 3.63) is 24.3 Å². The number of nitrogens with zero attached hydrogens (tertiary/aromatic N) is 3. The molecule has 0 radical (unpaired) electrons. The Labute approximate surface area is 162 Å². The summed E-state index contributed by atoms with van der Waals surface area (Å²) in [4.78, 5) is 9.20. The normalized spacial score (nSPS) is 16.8. The lowest BCUT2D eigenvalue weighted by molar-refractivity contribution is 0.148. The maximum Gasteiger partial charge on any atom is 0.193 e. The highest BCUT2D eigenvalue weighted by atomic mass is 127. The Morgan fingerprint density at radius 3 is 2.62 bits per heavy atom. The topological polar surface area (TPSA) is 66.1 Å². The molecule has 1 aliphatic heterocycles. The van der Waals surface area contributed by atoms with Crippen LogP contribution >= 0.6 is 24.0 Å². The zero-order valence-corrected chi connectivity index (χ0v) is 17.2. The van der Waals surface area contributed by atoms with Crippen molar-refractivity contribution in [1.29, 1.82) is 0 Å². The third-order valence-corrected chi connectivity index (χ3v) is 4.36. The smallest absolute Gasteiger partial charge is 0.193 e. The van der Waals surface area contributed by atoms with E-state index >= 15 is 0 Å². The fourth-order valence-corrected chi connectivity index (χ4v) is 2.90. The van der Waals surface area contributed by atoms with E-state index in [4.69, 9.17) is 10.5 Å². The third kappa shape index (κ3) is 6.45. The number of anilines is 1. The van der Waals surface area contributed by atoms with Crippen LogP contribution in [0.4, 0.5) is 5.69 Å². The first-order valence-corrected chi connectivity index (χ1v) is 8.19. The standard InChI is InChI=1S/C17H29N5O.HI/c1-21(2)14-8-11-22(12-9-14)13-10-19-17(18)20-15-6-4-5-7-16(15)23-3;/h4-7,14H,8-13H2,1-3H3,(H3,18,19,20);1H. The molecule has 136 valence electrons. The van der Waals surface area contributed by atoms with Gasteiger partial charge in [0.2, 0.25) is 0 Å². The molecule has 1 fully saturated rings. The van der Waals surface area contributed by atoms with Crippen LogP contribution in [-0.4, -0.2) is 69.2 Å². The molecule has 6 nitrogen and oxygen atoms in total. The highest BCUT2D eigenvalue weighted by molar-refractivity contribution is 14.0. The zero-order valence-electron chi connectivity index (χ0n) is 14.9. The van der Waals surface area contributed by atoms with E-state index in [9.17, 15) is 0 Å². The Hall–Kier alpha value is -1.06. The summed E-state index contributed by atoms with van der Waals surface area (Å²) in [6.45, 7) is 3.94. The van der Waals surface area contributed by atoms with Crippen molar-refractivity contribution in [2.45, 2.75) is 18.9 Å². The highest BCUT2D eigenvalue weighted by Gasteiger charge is 2.19. The Balaban J connectivity index is 0.00000288. The summed E-state index contributed by atoms with van der Waals surface area (Å²) in [6.07, 6.45) is 2.46. The van der Waals surface area contributed by atoms with E-state index in [1.165, 1.54) is 12.8 Å². The van der Waals surface area contributed by atoms with Crippen LogP contribution in [0.3, 0.4) is 0 Å². The van der Waals surface area contributed by atoms with Gasteiger partial charge in [0, 0.05) is 12.6 Å². The fraction of sp³-hybridized carbons (Fsp3) is 0.588. The Bertz CT molecular complexity index is 515. The van der Waals surface area contributed by atoms with E-state index in [1.54, 1.807) is 7.11 Å². The minimum atomic E-state index is 0. The fourth-order valence-electron chi connectivity index (χ4n) is 2.90. The van der Waals surface area contributed by atoms with Gasteiger partial charge in [-0.05, 0) is 52.2 Å². The summed E-state index contributed by atoms with van der Waals surface area (Å²) in [5.41, 5.74) is 6.80. The summed E-state index contributed by atoms with van der Waals surface area (Å²) in [5, 5.41) is 3.10. The molecule has 0 saturated carbocycles. The number of piperidine rings is 1. The van der Waals surface area contributed by atoms with Crippen LogP contribution in [0.2, 0.25) is 0 Å². The van der Waals surface area contributed by atoms with Gasteiger partial charge in [0.1, 0.15) is 5.75 Å². The van der Waals surface area contributed by atoms with Gasteiger partial charge in [-0.25, -0.2) is 0 Å². The Morgan fingerprint density at radius 2 is 2.00 bits per heavy atom. The van der Waals surface area contributed by atoms with Crippen LogP contribution in [0.5, 0.6) is 5.75 Å². The first kappa shape index (κ1) is 21.0. The monoisotopic (exact) mass is 447 g/mol. The molecule has 1 aromatic carbocycles. The summed E-state index contributed by atoms with van der Waals surface area (Å²) in [6, 6.07) is 8.39. The van der Waals surface area contributed by atoms with Gasteiger partial charge in [-0.15, -0.1) is 24.0 Å². The number of guanidine groups is 1. The number of rotatable bonds is 6. The molecule has 0 unspecified atom stereocenters. The van der Waals surface area contributed by atoms with Gasteiger partial charge < -0.3 is 25.6 Å². The van der Waals surface area contributed by atoms with Gasteiger partial charge >= 0.3 is 0 Å². The van der Waals surface area contributed by atoms with E-state index in [1.807, 2.05) is 24.3 Å². The van der Waals surface area contributed by atoms with E-state index in [0.717, 1.165) is 31.1 Å². The number of hydrogen-bond acceptors (Lipinski definition) is 4. The van der Waals surface area contributed by atoms with Crippen LogP contribution in [0.15, 0.2) is 29.3 Å². The second-order valence-corrected chi connectivity index (χ2v) is 6.13. The lowest BCUT2D eigenvalue weighted by Crippen LogP contribution is -2.42. The Kier molecular flexibility index (Phi) is 9.38. The van der Waals surface area contributed by atoms with Crippen molar-refractivity contribution in [1.82, 2.24) is 9.80 Å². The molecule has 1 aromatic rings. The number of aliphatic imine (C=N–C) groups is 1. The molecule has 1 heterocycles. The molecule has 3 N–H and O–H groups in total. The summed E-state index contributed by atoms with van der Waals surface area (Å²) >= 11 is 0. The molecule has 0 aliphatic carbocycles. The van der Waals surface area contributed by atoms with Gasteiger partial charge in [0.05, 0.1) is 19.3 Å². The highest BCUT2D eigenvalue weighted by Crippen LogP contribution is 2.22. The van der Waals surface area contributed by atoms with E-state index < -0.39 is 0 Å². The van der Waals surface area contributed by atoms with Gasteiger partial charge in [0.15, 0.2) is 5.96 Å². The first-order valence-electron chi connectivity index (χ1n) is 8.19. The molecule has 2 rings (SSSR count). The van der Waals surface area contributed by atoms with Crippen LogP contribution in [0, 0.1) is 0 Å². The van der Waals surface area contributed by atoms with Crippen molar-refractivity contribution in [3.8, 4) is 5.75 Å². The molecular weight excluding hydrogens is 417 g/mol. The quantitative estimate of drug-likeness (QED) is 0.397. The van der Waals surface area contributed by atoms with Gasteiger partial charge in [0.25, 0.3) is 0 Å². The van der Waals surface area contributed by atoms with E-state index in [0.29, 0.717) is 18.5 Å². The lowest BCUT2D eigenvalue weighted by atomic mass is 10.0. The van der Waals surface area contributed by atoms with Crippen LogP contribution < -0.4 is 15.8 Å². The number of methoxy groups -OCH3 is 1. The van der Waals surface area contributed by atoms with Crippen molar-refractivity contribution in [2.24, 2.45) is 10.7 Å². The van der Waals surface area contributed by atoms with Gasteiger partial charge in [-0.1, -0.05) is 12.1 Å². The molecule has 1 saturated heterocycles. The average molecular weight is 447 g/mol. The molecule has 7 heteroatoms. The number of benzene rings is 1. The number of nitrogens with one attached hydrogen (secondary N) is 1. The maximum absolute atomic E-state index is 5.96. The molecule has 0 aromatic heterocycles. The predicted molar refractivity (Wildman–Crippen MR) is 112 cm³/mol. The lowest BCUT2D eigenvalue weighted by Gasteiger charge is -2.34. The van der Waals surface area contributed by atoms with Crippen LogP contribution in [0.25, 0.3) is 0 Å². The number of likely N-dealkylation sites (tertiary alicyclic amines) is 1.